The molecule has 0 radical (unpaired) electrons. The van der Waals surface area contributed by atoms with Gasteiger partial charge in [0.1, 0.15) is 36.6 Å². The van der Waals surface area contributed by atoms with Gasteiger partial charge in [-0.2, -0.15) is 4.98 Å². The Bertz CT molecular complexity index is 1070. The zero-order valence-electron chi connectivity index (χ0n) is 17.1. The molecule has 3 rings (SSSR count). The molecule has 0 aliphatic carbocycles. The number of anilines is 1. The van der Waals surface area contributed by atoms with Crippen molar-refractivity contribution in [1.82, 2.24) is 19.5 Å². The largest absolute Gasteiger partial charge is 0.470 e. The van der Waals surface area contributed by atoms with Gasteiger partial charge < -0.3 is 55.7 Å². The van der Waals surface area contributed by atoms with Crippen LogP contribution in [0.1, 0.15) is 6.23 Å². The molecule has 0 aromatic carbocycles. The second-order valence-electron chi connectivity index (χ2n) is 6.94. The van der Waals surface area contributed by atoms with Crippen LogP contribution in [0, 0.1) is 0 Å². The number of aromatic amines is 1. The SMILES string of the molecule is Nc1nc2c(ncn2[C@@H]2O[C@H](CO)[C@@H](OP(=O)(O)O)[C@H]2O)c(=O)[nH]1.O=CC(O)C(O)C(O)CO. The number of H-pyrrole nitrogens is 1. The van der Waals surface area contributed by atoms with Gasteiger partial charge in [0.25, 0.3) is 5.56 Å². The highest BCUT2D eigenvalue weighted by Crippen LogP contribution is 2.44. The fraction of sp³-hybridized carbons (Fsp3) is 0.600. The van der Waals surface area contributed by atoms with Crippen LogP contribution < -0.4 is 11.3 Å². The molecule has 1 aliphatic heterocycles. The van der Waals surface area contributed by atoms with E-state index in [1.54, 1.807) is 0 Å². The average molecular weight is 513 g/mol. The molecule has 7 atom stereocenters. The van der Waals surface area contributed by atoms with Gasteiger partial charge in [-0.05, 0) is 0 Å². The summed E-state index contributed by atoms with van der Waals surface area (Å²) >= 11 is 0. The molecule has 0 spiro atoms. The molecular weight excluding hydrogens is 489 g/mol. The number of rotatable bonds is 8. The molecule has 19 heteroatoms. The Morgan fingerprint density at radius 3 is 2.50 bits per heavy atom. The smallest absolute Gasteiger partial charge is 0.394 e. The van der Waals surface area contributed by atoms with Gasteiger partial charge in [0.15, 0.2) is 23.7 Å². The molecule has 1 aliphatic rings. The molecule has 0 bridgehead atoms. The van der Waals surface area contributed by atoms with E-state index in [2.05, 4.69) is 19.5 Å². The van der Waals surface area contributed by atoms with E-state index < -0.39 is 69.4 Å². The van der Waals surface area contributed by atoms with Crippen molar-refractivity contribution in [3.05, 3.63) is 16.7 Å². The number of nitrogens with one attached hydrogen (secondary N) is 1. The zero-order chi connectivity index (χ0) is 25.8. The van der Waals surface area contributed by atoms with E-state index in [1.165, 1.54) is 0 Å². The maximum atomic E-state index is 11.8. The molecule has 0 saturated carbocycles. The third kappa shape index (κ3) is 6.40. The number of fused-ring (bicyclic) bond motifs is 1. The summed E-state index contributed by atoms with van der Waals surface area (Å²) in [6, 6.07) is 0. The highest BCUT2D eigenvalue weighted by molar-refractivity contribution is 7.46. The Kier molecular flexibility index (Phi) is 9.34. The second kappa shape index (κ2) is 11.4. The first-order chi connectivity index (χ1) is 15.8. The highest BCUT2D eigenvalue weighted by Gasteiger charge is 2.48. The number of carbonyl (C=O) groups is 1. The Hall–Kier alpha value is -2.35. The minimum Gasteiger partial charge on any atom is -0.394 e. The van der Waals surface area contributed by atoms with Gasteiger partial charge in [-0.15, -0.1) is 0 Å². The lowest BCUT2D eigenvalue weighted by Gasteiger charge is -2.20. The van der Waals surface area contributed by atoms with Crippen LogP contribution in [0.25, 0.3) is 11.2 Å². The van der Waals surface area contributed by atoms with Gasteiger partial charge >= 0.3 is 7.82 Å². The first-order valence-electron chi connectivity index (χ1n) is 9.35. The molecule has 2 aromatic rings. The van der Waals surface area contributed by atoms with Crippen LogP contribution in [-0.2, 0) is 18.6 Å². The number of aromatic nitrogens is 4. The number of nitrogen functional groups attached to an aromatic ring is 1. The van der Waals surface area contributed by atoms with E-state index in [1.807, 2.05) is 0 Å². The predicted octanol–water partition coefficient (Wildman–Crippen LogP) is -5.31. The summed E-state index contributed by atoms with van der Waals surface area (Å²) in [4.78, 5) is 49.4. The number of nitrogens with two attached hydrogens (primary N) is 1. The number of phosphoric acid groups is 1. The maximum absolute atomic E-state index is 11.8. The molecule has 1 saturated heterocycles. The number of nitrogens with zero attached hydrogens (tertiary/aromatic N) is 3. The number of carbonyl (C=O) groups excluding carboxylic acids is 1. The molecule has 192 valence electrons. The third-order valence-electron chi connectivity index (χ3n) is 4.54. The normalized spacial score (nSPS) is 25.4. The number of aliphatic hydroxyl groups is 6. The number of hydrogen-bond acceptors (Lipinski definition) is 14. The molecule has 3 unspecified atom stereocenters. The molecule has 3 heterocycles. The number of aldehydes is 1. The van der Waals surface area contributed by atoms with Gasteiger partial charge in [-0.1, -0.05) is 0 Å². The van der Waals surface area contributed by atoms with Crippen LogP contribution in [0.5, 0.6) is 0 Å². The standard InChI is InChI=1S/C10H14N5O8P.C5H10O5/c11-10-13-7-4(8(18)14-10)12-2-15(7)9-5(17)6(3(1-16)22-9)23-24(19,20)21;6-1-3(8)5(10)4(9)2-7/h2-3,5-6,9,16-17H,1H2,(H2,19,20,21)(H3,11,13,14,18);1,3-5,7-10H,2H2/t3-,5-,6-,9-;/m1./s1. The van der Waals surface area contributed by atoms with Crippen molar-refractivity contribution < 1.29 is 59.0 Å². The minimum absolute atomic E-state index is 0.00572. The molecule has 1 fully saturated rings. The molecule has 0 amide bonds. The van der Waals surface area contributed by atoms with Crippen LogP contribution in [0.2, 0.25) is 0 Å². The summed E-state index contributed by atoms with van der Waals surface area (Å²) in [6.07, 6.45) is -9.03. The molecule has 2 aromatic heterocycles. The van der Waals surface area contributed by atoms with Crippen LogP contribution in [0.15, 0.2) is 11.1 Å². The van der Waals surface area contributed by atoms with E-state index in [9.17, 15) is 24.4 Å². The van der Waals surface area contributed by atoms with Crippen molar-refractivity contribution in [2.75, 3.05) is 18.9 Å². The van der Waals surface area contributed by atoms with Crippen LogP contribution >= 0.6 is 7.82 Å². The van der Waals surface area contributed by atoms with Crippen molar-refractivity contribution in [3.8, 4) is 0 Å². The number of hydrogen-bond donors (Lipinski definition) is 10. The average Bonchev–Trinajstić information content (AvgIpc) is 3.32. The fourth-order valence-electron chi connectivity index (χ4n) is 2.93. The number of phosphoric ester groups is 1. The molecule has 34 heavy (non-hydrogen) atoms. The Balaban J connectivity index is 0.000000347. The number of aliphatic hydroxyl groups excluding tert-OH is 6. The number of imidazole rings is 1. The predicted molar refractivity (Wildman–Crippen MR) is 108 cm³/mol. The summed E-state index contributed by atoms with van der Waals surface area (Å²) < 4.78 is 22.0. The molecular formula is C15H24N5O13P. The topological polar surface area (TPSA) is 304 Å². The van der Waals surface area contributed by atoms with Crippen molar-refractivity contribution in [2.24, 2.45) is 0 Å². The van der Waals surface area contributed by atoms with Crippen molar-refractivity contribution in [3.63, 3.8) is 0 Å². The molecule has 18 nitrogen and oxygen atoms in total. The van der Waals surface area contributed by atoms with Crippen molar-refractivity contribution >= 4 is 31.2 Å². The Morgan fingerprint density at radius 2 is 1.97 bits per heavy atom. The summed E-state index contributed by atoms with van der Waals surface area (Å²) in [5.41, 5.74) is 4.79. The van der Waals surface area contributed by atoms with Gasteiger partial charge in [-0.25, -0.2) is 9.55 Å². The van der Waals surface area contributed by atoms with Crippen LogP contribution in [-0.4, -0.2) is 116 Å². The molecule has 11 N–H and O–H groups in total. The van der Waals surface area contributed by atoms with E-state index in [-0.39, 0.29) is 23.4 Å². The van der Waals surface area contributed by atoms with E-state index >= 15 is 0 Å². The van der Waals surface area contributed by atoms with Crippen molar-refractivity contribution in [1.29, 1.82) is 0 Å². The maximum Gasteiger partial charge on any atom is 0.470 e. The lowest BCUT2D eigenvalue weighted by atomic mass is 10.1. The van der Waals surface area contributed by atoms with E-state index in [4.69, 9.17) is 40.7 Å². The van der Waals surface area contributed by atoms with Gasteiger partial charge in [0.05, 0.1) is 19.5 Å². The monoisotopic (exact) mass is 513 g/mol. The van der Waals surface area contributed by atoms with Gasteiger partial charge in [0.2, 0.25) is 5.95 Å². The first-order valence-corrected chi connectivity index (χ1v) is 10.9. The highest BCUT2D eigenvalue weighted by atomic mass is 31.2. The summed E-state index contributed by atoms with van der Waals surface area (Å²) in [6.45, 7) is -1.35. The summed E-state index contributed by atoms with van der Waals surface area (Å²) in [5.74, 6) is -0.191. The van der Waals surface area contributed by atoms with Crippen molar-refractivity contribution in [2.45, 2.75) is 42.9 Å². The summed E-state index contributed by atoms with van der Waals surface area (Å²) in [7, 11) is -4.94. The quantitative estimate of drug-likeness (QED) is 0.116. The van der Waals surface area contributed by atoms with Gasteiger partial charge in [0, 0.05) is 0 Å². The third-order valence-corrected chi connectivity index (χ3v) is 5.06. The van der Waals surface area contributed by atoms with Gasteiger partial charge in [-0.3, -0.25) is 18.9 Å². The first kappa shape index (κ1) is 27.9. The summed E-state index contributed by atoms with van der Waals surface area (Å²) in [5, 5.41) is 53.6. The van der Waals surface area contributed by atoms with E-state index in [0.29, 0.717) is 0 Å². The fourth-order valence-corrected chi connectivity index (χ4v) is 3.51. The second-order valence-corrected chi connectivity index (χ2v) is 8.13. The van der Waals surface area contributed by atoms with Crippen LogP contribution in [0.3, 0.4) is 0 Å². The number of ether oxygens (including phenoxy) is 1. The van der Waals surface area contributed by atoms with Crippen LogP contribution in [0.4, 0.5) is 5.95 Å². The Labute approximate surface area is 189 Å². The van der Waals surface area contributed by atoms with E-state index in [0.717, 1.165) is 10.9 Å². The Morgan fingerprint density at radius 1 is 1.32 bits per heavy atom. The minimum atomic E-state index is -4.94. The lowest BCUT2D eigenvalue weighted by Crippen LogP contribution is -2.40. The zero-order valence-corrected chi connectivity index (χ0v) is 18.0. The lowest BCUT2D eigenvalue weighted by molar-refractivity contribution is -0.127.